The minimum absolute atomic E-state index is 0.0112. The van der Waals surface area contributed by atoms with E-state index >= 15 is 0 Å². The fourth-order valence-electron chi connectivity index (χ4n) is 3.63. The third-order valence-corrected chi connectivity index (χ3v) is 4.95. The highest BCUT2D eigenvalue weighted by molar-refractivity contribution is 5.97. The molecule has 0 saturated carbocycles. The van der Waals surface area contributed by atoms with Crippen molar-refractivity contribution in [2.24, 2.45) is 0 Å². The summed E-state index contributed by atoms with van der Waals surface area (Å²) < 4.78 is 1.97. The average molecular weight is 332 g/mol. The van der Waals surface area contributed by atoms with E-state index in [0.29, 0.717) is 18.1 Å². The van der Waals surface area contributed by atoms with Gasteiger partial charge in [0, 0.05) is 26.2 Å². The van der Waals surface area contributed by atoms with Gasteiger partial charge < -0.3 is 14.8 Å². The molecule has 0 unspecified atom stereocenters. The van der Waals surface area contributed by atoms with Crippen LogP contribution in [-0.4, -0.2) is 45.9 Å². The number of imidazole rings is 1. The Morgan fingerprint density at radius 2 is 1.75 bits per heavy atom. The van der Waals surface area contributed by atoms with E-state index in [1.54, 1.807) is 0 Å². The number of likely N-dealkylation sites (tertiary alicyclic amines) is 1. The molecule has 1 aromatic heterocycles. The maximum absolute atomic E-state index is 13.0. The van der Waals surface area contributed by atoms with Crippen LogP contribution in [0.5, 0.6) is 0 Å². The van der Waals surface area contributed by atoms with Gasteiger partial charge in [0.15, 0.2) is 5.82 Å². The van der Waals surface area contributed by atoms with E-state index in [-0.39, 0.29) is 11.8 Å². The van der Waals surface area contributed by atoms with Gasteiger partial charge in [0.1, 0.15) is 5.69 Å². The molecular formula is C18H28N4O2. The molecule has 2 amide bonds. The molecule has 0 atom stereocenters. The Morgan fingerprint density at radius 1 is 1.04 bits per heavy atom. The van der Waals surface area contributed by atoms with Crippen molar-refractivity contribution in [3.63, 3.8) is 0 Å². The zero-order valence-electron chi connectivity index (χ0n) is 14.6. The quantitative estimate of drug-likeness (QED) is 0.920. The van der Waals surface area contributed by atoms with E-state index in [9.17, 15) is 9.59 Å². The minimum Gasteiger partial charge on any atom is -0.349 e. The summed E-state index contributed by atoms with van der Waals surface area (Å²) in [6.45, 7) is 5.06. The number of nitrogens with zero attached hydrogens (tertiary/aromatic N) is 3. The predicted molar refractivity (Wildman–Crippen MR) is 92.2 cm³/mol. The zero-order valence-corrected chi connectivity index (χ0v) is 14.6. The van der Waals surface area contributed by atoms with Gasteiger partial charge in [0.2, 0.25) is 0 Å². The molecular weight excluding hydrogens is 304 g/mol. The monoisotopic (exact) mass is 332 g/mol. The molecule has 0 spiro atoms. The summed E-state index contributed by atoms with van der Waals surface area (Å²) >= 11 is 0. The van der Waals surface area contributed by atoms with E-state index in [2.05, 4.69) is 10.3 Å². The first kappa shape index (κ1) is 17.0. The highest BCUT2D eigenvalue weighted by Gasteiger charge is 2.29. The van der Waals surface area contributed by atoms with Gasteiger partial charge in [-0.3, -0.25) is 9.59 Å². The van der Waals surface area contributed by atoms with Crippen LogP contribution in [0.15, 0.2) is 0 Å². The Hall–Kier alpha value is -1.85. The maximum Gasteiger partial charge on any atom is 0.287 e. The standard InChI is InChI=1S/C18H28N4O2/c1-2-10-19-17(23)16-20-15(14-9-5-8-13-22(14)16)18(24)21-11-6-3-4-7-12-21/h2-13H2,1H3,(H,19,23). The average Bonchev–Trinajstić information content (AvgIpc) is 2.79. The van der Waals surface area contributed by atoms with Crippen LogP contribution in [0.25, 0.3) is 0 Å². The number of nitrogens with one attached hydrogen (secondary N) is 1. The van der Waals surface area contributed by atoms with Gasteiger partial charge in [-0.15, -0.1) is 0 Å². The Bertz CT molecular complexity index is 600. The van der Waals surface area contributed by atoms with Crippen molar-refractivity contribution in [2.75, 3.05) is 19.6 Å². The number of hydrogen-bond acceptors (Lipinski definition) is 3. The molecule has 24 heavy (non-hydrogen) atoms. The molecule has 0 aliphatic carbocycles. The third kappa shape index (κ3) is 3.47. The molecule has 3 heterocycles. The number of amides is 2. The van der Waals surface area contributed by atoms with E-state index < -0.39 is 0 Å². The summed E-state index contributed by atoms with van der Waals surface area (Å²) in [4.78, 5) is 31.9. The number of carbonyl (C=O) groups is 2. The molecule has 3 rings (SSSR count). The number of aromatic nitrogens is 2. The summed E-state index contributed by atoms with van der Waals surface area (Å²) in [6.07, 6.45) is 8.32. The summed E-state index contributed by atoms with van der Waals surface area (Å²) in [7, 11) is 0. The van der Waals surface area contributed by atoms with Gasteiger partial charge in [-0.2, -0.15) is 0 Å². The summed E-state index contributed by atoms with van der Waals surface area (Å²) in [5.41, 5.74) is 1.47. The van der Waals surface area contributed by atoms with Crippen molar-refractivity contribution in [3.05, 3.63) is 17.2 Å². The van der Waals surface area contributed by atoms with Gasteiger partial charge in [0.05, 0.1) is 5.69 Å². The Balaban J connectivity index is 1.88. The van der Waals surface area contributed by atoms with Crippen molar-refractivity contribution in [2.45, 2.75) is 64.8 Å². The summed E-state index contributed by atoms with van der Waals surface area (Å²) in [5, 5.41) is 2.89. The molecule has 0 radical (unpaired) electrons. The molecule has 1 fully saturated rings. The van der Waals surface area contributed by atoms with Crippen LogP contribution in [0.1, 0.15) is 78.7 Å². The smallest absolute Gasteiger partial charge is 0.287 e. The van der Waals surface area contributed by atoms with E-state index in [1.807, 2.05) is 16.4 Å². The lowest BCUT2D eigenvalue weighted by atomic mass is 10.1. The van der Waals surface area contributed by atoms with Gasteiger partial charge >= 0.3 is 0 Å². The molecule has 6 heteroatoms. The molecule has 1 aromatic rings. The maximum atomic E-state index is 13.0. The van der Waals surface area contributed by atoms with Crippen LogP contribution in [0.3, 0.4) is 0 Å². The Labute approximate surface area is 143 Å². The molecule has 2 aliphatic rings. The van der Waals surface area contributed by atoms with Crippen LogP contribution >= 0.6 is 0 Å². The SMILES string of the molecule is CCCNC(=O)c1nc(C(=O)N2CCCCCC2)c2n1CCCC2. The van der Waals surface area contributed by atoms with Crippen LogP contribution in [0, 0.1) is 0 Å². The fourth-order valence-corrected chi connectivity index (χ4v) is 3.63. The van der Waals surface area contributed by atoms with Crippen LogP contribution in [0.4, 0.5) is 0 Å². The molecule has 6 nitrogen and oxygen atoms in total. The lowest BCUT2D eigenvalue weighted by Gasteiger charge is -2.21. The molecule has 1 saturated heterocycles. The van der Waals surface area contributed by atoms with E-state index in [1.165, 1.54) is 12.8 Å². The van der Waals surface area contributed by atoms with Gasteiger partial charge in [-0.1, -0.05) is 19.8 Å². The second-order valence-corrected chi connectivity index (χ2v) is 6.80. The van der Waals surface area contributed by atoms with Crippen molar-refractivity contribution in [1.29, 1.82) is 0 Å². The van der Waals surface area contributed by atoms with Crippen LogP contribution in [-0.2, 0) is 13.0 Å². The van der Waals surface area contributed by atoms with E-state index in [4.69, 9.17) is 0 Å². The van der Waals surface area contributed by atoms with Crippen LogP contribution < -0.4 is 5.32 Å². The minimum atomic E-state index is -0.157. The van der Waals surface area contributed by atoms with Crippen molar-refractivity contribution < 1.29 is 9.59 Å². The summed E-state index contributed by atoms with van der Waals surface area (Å²) in [6, 6.07) is 0. The molecule has 0 aromatic carbocycles. The lowest BCUT2D eigenvalue weighted by molar-refractivity contribution is 0.0754. The second-order valence-electron chi connectivity index (χ2n) is 6.80. The molecule has 132 valence electrons. The largest absolute Gasteiger partial charge is 0.349 e. The highest BCUT2D eigenvalue weighted by Crippen LogP contribution is 2.23. The Morgan fingerprint density at radius 3 is 2.46 bits per heavy atom. The first-order valence-electron chi connectivity index (χ1n) is 9.39. The molecule has 1 N–H and O–H groups in total. The van der Waals surface area contributed by atoms with Gasteiger partial charge in [0.25, 0.3) is 11.8 Å². The molecule has 0 bridgehead atoms. The van der Waals surface area contributed by atoms with Crippen molar-refractivity contribution in [1.82, 2.24) is 19.8 Å². The zero-order chi connectivity index (χ0) is 16.9. The van der Waals surface area contributed by atoms with E-state index in [0.717, 1.165) is 63.9 Å². The summed E-state index contributed by atoms with van der Waals surface area (Å²) in [5.74, 6) is 0.267. The number of fused-ring (bicyclic) bond motifs is 1. The fraction of sp³-hybridized carbons (Fsp3) is 0.722. The molecule has 2 aliphatic heterocycles. The van der Waals surface area contributed by atoms with Crippen molar-refractivity contribution in [3.8, 4) is 0 Å². The Kier molecular flexibility index (Phi) is 5.53. The second kappa shape index (κ2) is 7.81. The van der Waals surface area contributed by atoms with Gasteiger partial charge in [-0.05, 0) is 38.5 Å². The third-order valence-electron chi connectivity index (χ3n) is 4.95. The van der Waals surface area contributed by atoms with Gasteiger partial charge in [-0.25, -0.2) is 4.98 Å². The lowest BCUT2D eigenvalue weighted by Crippen LogP contribution is -2.33. The van der Waals surface area contributed by atoms with Crippen LogP contribution in [0.2, 0.25) is 0 Å². The first-order chi connectivity index (χ1) is 11.7. The topological polar surface area (TPSA) is 67.2 Å². The number of hydrogen-bond donors (Lipinski definition) is 1. The normalized spacial score (nSPS) is 18.0. The predicted octanol–water partition coefficient (Wildman–Crippen LogP) is 2.38. The van der Waals surface area contributed by atoms with Crippen molar-refractivity contribution >= 4 is 11.8 Å². The number of carbonyl (C=O) groups excluding carboxylic acids is 2. The first-order valence-corrected chi connectivity index (χ1v) is 9.39. The highest BCUT2D eigenvalue weighted by atomic mass is 16.2. The number of rotatable bonds is 4.